The zero-order chi connectivity index (χ0) is 36.5. The molecule has 15 aromatic rings. The van der Waals surface area contributed by atoms with E-state index >= 15 is 0 Å². The monoisotopic (exact) mass is 720 g/mol. The molecule has 10 nitrogen and oxygen atoms in total. The van der Waals surface area contributed by atoms with E-state index < -0.39 is 0 Å². The predicted octanol–water partition coefficient (Wildman–Crippen LogP) is 11.0. The standard InChI is InChI=1S/C46H24N8O2/c1-5-26-6-2-10-30-35-21-48-38(22-47-35)54-24-50-34-18-20-37-42(44(34)54)52-46(56-37)32-12-4-8-27-7-3-11-31(40(27)32)45-51-41-36(55-45)19-17-33-43(41)53(23-49-33)28-15-13-25(14-16-28)29(9-1)39(26)30/h1-24H. The van der Waals surface area contributed by atoms with Crippen molar-refractivity contribution in [3.63, 3.8) is 0 Å². The van der Waals surface area contributed by atoms with Gasteiger partial charge in [-0.3, -0.25) is 13.8 Å². The largest absolute Gasteiger partial charge is 0.436 e. The molecule has 0 fully saturated rings. The number of nitrogens with zero attached hydrogens (tertiary/aromatic N) is 8. The first-order valence-electron chi connectivity index (χ1n) is 18.2. The van der Waals surface area contributed by atoms with Crippen molar-refractivity contribution >= 4 is 121 Å². The highest BCUT2D eigenvalue weighted by Gasteiger charge is 2.17. The number of benzene rings is 7. The Labute approximate surface area is 313 Å². The van der Waals surface area contributed by atoms with Crippen LogP contribution in [0.25, 0.3) is 121 Å². The number of hydrogen-bond donors (Lipinski definition) is 0. The van der Waals surface area contributed by atoms with Crippen LogP contribution in [-0.2, 0) is 0 Å². The van der Waals surface area contributed by atoms with Crippen LogP contribution in [0.5, 0.6) is 0 Å². The van der Waals surface area contributed by atoms with Gasteiger partial charge in [-0.1, -0.05) is 72.8 Å². The molecule has 8 aromatic heterocycles. The fourth-order valence-corrected chi connectivity index (χ4v) is 8.46. The SMILES string of the molecule is c1cc2cccc3c4cnc(cn4)n4cnc5ccc6oc(nc6c54)c4cccc5cccc(c6nc7c(ccc8ncn(c9ccc(cc9)c(c1)c23)c87)o6)c54. The molecule has 0 atom stereocenters. The van der Waals surface area contributed by atoms with E-state index in [4.69, 9.17) is 38.7 Å². The number of imidazole rings is 2. The lowest BCUT2D eigenvalue weighted by Gasteiger charge is -2.05. The van der Waals surface area contributed by atoms with Crippen molar-refractivity contribution in [2.45, 2.75) is 0 Å². The summed E-state index contributed by atoms with van der Waals surface area (Å²) in [7, 11) is 0. The Balaban J connectivity index is 1.25. The Kier molecular flexibility index (Phi) is 5.68. The normalized spacial score (nSPS) is 12.3. The van der Waals surface area contributed by atoms with E-state index in [1.807, 2.05) is 65.5 Å². The highest BCUT2D eigenvalue weighted by atomic mass is 16.3. The van der Waals surface area contributed by atoms with Gasteiger partial charge >= 0.3 is 0 Å². The molecule has 0 unspecified atom stereocenters. The van der Waals surface area contributed by atoms with Crippen molar-refractivity contribution in [3.8, 4) is 0 Å². The Morgan fingerprint density at radius 1 is 0.411 bits per heavy atom. The first-order chi connectivity index (χ1) is 27.7. The lowest BCUT2D eigenvalue weighted by Crippen LogP contribution is -1.89. The van der Waals surface area contributed by atoms with Gasteiger partial charge in [0.2, 0.25) is 11.4 Å². The summed E-state index contributed by atoms with van der Waals surface area (Å²) in [4.78, 5) is 29.8. The minimum Gasteiger partial charge on any atom is -0.436 e. The second-order valence-corrected chi connectivity index (χ2v) is 14.1. The van der Waals surface area contributed by atoms with Crippen LogP contribution in [0.2, 0.25) is 0 Å². The summed E-state index contributed by atoms with van der Waals surface area (Å²) < 4.78 is 17.2. The molecule has 7 aromatic carbocycles. The van der Waals surface area contributed by atoms with Crippen LogP contribution in [-0.4, -0.2) is 38.7 Å². The highest BCUT2D eigenvalue weighted by Crippen LogP contribution is 2.35. The van der Waals surface area contributed by atoms with Crippen LogP contribution in [0.1, 0.15) is 0 Å². The smallest absolute Gasteiger partial charge is 0.228 e. The number of fused-ring (bicyclic) bond motifs is 2. The number of oxazole rings is 2. The summed E-state index contributed by atoms with van der Waals surface area (Å²) in [5.41, 5.74) is 9.26. The summed E-state index contributed by atoms with van der Waals surface area (Å²) in [5.74, 6) is 0. The van der Waals surface area contributed by atoms with E-state index in [9.17, 15) is 0 Å². The van der Waals surface area contributed by atoms with E-state index in [-0.39, 0.29) is 0 Å². The molecule has 8 bridgehead atoms. The Morgan fingerprint density at radius 2 is 0.964 bits per heavy atom. The molecule has 0 spiro atoms. The van der Waals surface area contributed by atoms with E-state index in [1.165, 1.54) is 0 Å². The summed E-state index contributed by atoms with van der Waals surface area (Å²) in [6.45, 7) is 0. The summed E-state index contributed by atoms with van der Waals surface area (Å²) in [5, 5.41) is 8.96. The van der Waals surface area contributed by atoms with Gasteiger partial charge in [-0.05, 0) is 75.5 Å². The van der Waals surface area contributed by atoms with Gasteiger partial charge in [0.15, 0.2) is 16.8 Å². The fraction of sp³-hybridized carbons (Fsp3) is 0. The van der Waals surface area contributed by atoms with Gasteiger partial charge in [-0.2, -0.15) is 0 Å². The molecule has 0 saturated carbocycles. The zero-order valence-corrected chi connectivity index (χ0v) is 29.3. The summed E-state index contributed by atoms with van der Waals surface area (Å²) >= 11 is 0. The van der Waals surface area contributed by atoms with Gasteiger partial charge in [0.25, 0.3) is 0 Å². The van der Waals surface area contributed by atoms with Gasteiger partial charge < -0.3 is 8.83 Å². The van der Waals surface area contributed by atoms with Gasteiger partial charge in [0.05, 0.1) is 28.9 Å². The Morgan fingerprint density at radius 3 is 1.57 bits per heavy atom. The van der Waals surface area contributed by atoms with Crippen LogP contribution < -0.4 is 0 Å². The van der Waals surface area contributed by atoms with Crippen LogP contribution in [0, 0.1) is 0 Å². The molecule has 15 rings (SSSR count). The minimum atomic E-state index is 0.473. The van der Waals surface area contributed by atoms with Gasteiger partial charge in [-0.25, -0.2) is 24.9 Å². The molecule has 0 amide bonds. The molecular weight excluding hydrogens is 697 g/mol. The average molecular weight is 721 g/mol. The molecule has 0 saturated heterocycles. The number of rotatable bonds is 0. The molecule has 8 heterocycles. The van der Waals surface area contributed by atoms with Gasteiger partial charge in [0.1, 0.15) is 34.7 Å². The third kappa shape index (κ3) is 4.04. The highest BCUT2D eigenvalue weighted by molar-refractivity contribution is 6.19. The van der Waals surface area contributed by atoms with Crippen molar-refractivity contribution in [1.29, 1.82) is 0 Å². The molecule has 56 heavy (non-hydrogen) atoms. The van der Waals surface area contributed by atoms with Crippen molar-refractivity contribution in [2.24, 2.45) is 0 Å². The predicted molar refractivity (Wildman–Crippen MR) is 221 cm³/mol. The van der Waals surface area contributed by atoms with Crippen molar-refractivity contribution in [3.05, 3.63) is 146 Å². The first kappa shape index (κ1) is 29.5. The lowest BCUT2D eigenvalue weighted by atomic mass is 10.0. The zero-order valence-electron chi connectivity index (χ0n) is 29.3. The number of hydrogen-bond acceptors (Lipinski definition) is 8. The second kappa shape index (κ2) is 10.8. The van der Waals surface area contributed by atoms with Crippen LogP contribution in [0.3, 0.4) is 0 Å². The number of aromatic nitrogens is 8. The van der Waals surface area contributed by atoms with E-state index in [2.05, 4.69) is 77.2 Å². The molecule has 0 radical (unpaired) electrons. The Bertz CT molecular complexity index is 3680. The van der Waals surface area contributed by atoms with E-state index in [0.717, 1.165) is 87.1 Å². The van der Waals surface area contributed by atoms with Crippen molar-refractivity contribution in [1.82, 2.24) is 38.7 Å². The third-order valence-corrected chi connectivity index (χ3v) is 11.0. The van der Waals surface area contributed by atoms with E-state index in [1.54, 1.807) is 12.5 Å². The maximum atomic E-state index is 6.59. The average Bonchev–Trinajstić information content (AvgIpc) is 4.07. The topological polar surface area (TPSA) is 112 Å². The molecule has 0 N–H and O–H groups in total. The van der Waals surface area contributed by atoms with Gasteiger partial charge in [-0.15, -0.1) is 0 Å². The van der Waals surface area contributed by atoms with Crippen molar-refractivity contribution < 1.29 is 8.83 Å². The summed E-state index contributed by atoms with van der Waals surface area (Å²) in [6, 6.07) is 41.3. The first-order valence-corrected chi connectivity index (χ1v) is 18.2. The molecule has 260 valence electrons. The third-order valence-electron chi connectivity index (χ3n) is 11.0. The Hall–Kier alpha value is -7.98. The quantitative estimate of drug-likeness (QED) is 0.152. The molecule has 0 aliphatic rings. The van der Waals surface area contributed by atoms with Crippen LogP contribution in [0.15, 0.2) is 155 Å². The van der Waals surface area contributed by atoms with Crippen molar-refractivity contribution in [2.75, 3.05) is 0 Å². The van der Waals surface area contributed by atoms with E-state index in [0.29, 0.717) is 33.8 Å². The second-order valence-electron chi connectivity index (χ2n) is 14.1. The van der Waals surface area contributed by atoms with Crippen LogP contribution in [0.4, 0.5) is 0 Å². The van der Waals surface area contributed by atoms with Crippen LogP contribution >= 0.6 is 0 Å². The molecular formula is C46H24N8O2. The molecule has 0 aliphatic heterocycles. The molecule has 0 aliphatic carbocycles. The summed E-state index contributed by atoms with van der Waals surface area (Å²) in [6.07, 6.45) is 7.23. The lowest BCUT2D eigenvalue weighted by molar-refractivity contribution is 0.663. The maximum Gasteiger partial charge on any atom is 0.228 e. The minimum absolute atomic E-state index is 0.473. The maximum absolute atomic E-state index is 6.59. The van der Waals surface area contributed by atoms with Gasteiger partial charge in [0, 0.05) is 27.1 Å². The molecule has 10 heteroatoms. The fourth-order valence-electron chi connectivity index (χ4n) is 8.46.